The van der Waals surface area contributed by atoms with Gasteiger partial charge >= 0.3 is 0 Å². The average molecular weight is 490 g/mol. The fraction of sp³-hybridized carbons (Fsp3) is 0.478. The van der Waals surface area contributed by atoms with Crippen molar-refractivity contribution in [3.8, 4) is 0 Å². The molecule has 0 radical (unpaired) electrons. The highest BCUT2D eigenvalue weighted by Gasteiger charge is 2.30. The Balaban J connectivity index is 1.52. The van der Waals surface area contributed by atoms with Gasteiger partial charge in [0.2, 0.25) is 17.8 Å². The molecule has 3 aromatic rings. The van der Waals surface area contributed by atoms with Crippen LogP contribution in [0.4, 0.5) is 30.8 Å². The topological polar surface area (TPSA) is 120 Å². The van der Waals surface area contributed by atoms with Crippen LogP contribution >= 0.6 is 0 Å². The lowest BCUT2D eigenvalue weighted by atomic mass is 9.85. The number of nitrogens with one attached hydrogen (secondary N) is 2. The fourth-order valence-electron chi connectivity index (χ4n) is 4.81. The van der Waals surface area contributed by atoms with E-state index in [0.29, 0.717) is 68.1 Å². The summed E-state index contributed by atoms with van der Waals surface area (Å²) in [6.45, 7) is 1.31. The van der Waals surface area contributed by atoms with Gasteiger partial charge in [-0.2, -0.15) is 4.98 Å². The number of carbonyl (C=O) groups is 1. The van der Waals surface area contributed by atoms with Gasteiger partial charge in [-0.15, -0.1) is 0 Å². The summed E-state index contributed by atoms with van der Waals surface area (Å²) in [4.78, 5) is 25.2. The molecule has 0 unspecified atom stereocenters. The maximum Gasteiger partial charge on any atom is 0.224 e. The Hall–Kier alpha value is -3.41. The Labute approximate surface area is 199 Å². The van der Waals surface area contributed by atoms with Gasteiger partial charge in [0.1, 0.15) is 17.0 Å². The van der Waals surface area contributed by atoms with Gasteiger partial charge < -0.3 is 21.1 Å². The van der Waals surface area contributed by atoms with E-state index in [-0.39, 0.29) is 29.9 Å². The summed E-state index contributed by atoms with van der Waals surface area (Å²) < 4.78 is 49.4. The molecule has 1 saturated heterocycles. The van der Waals surface area contributed by atoms with Crippen LogP contribution in [0.1, 0.15) is 44.6 Å². The molecule has 1 aliphatic heterocycles. The molecule has 3 heterocycles. The molecule has 1 aliphatic carbocycles. The Kier molecular flexibility index (Phi) is 6.46. The third-order valence-electron chi connectivity index (χ3n) is 6.70. The van der Waals surface area contributed by atoms with Crippen molar-refractivity contribution in [3.05, 3.63) is 35.8 Å². The van der Waals surface area contributed by atoms with Gasteiger partial charge in [0, 0.05) is 43.3 Å². The first-order valence-corrected chi connectivity index (χ1v) is 11.7. The first kappa shape index (κ1) is 23.3. The zero-order chi connectivity index (χ0) is 24.5. The predicted molar refractivity (Wildman–Crippen MR) is 123 cm³/mol. The van der Waals surface area contributed by atoms with E-state index in [1.165, 1.54) is 0 Å². The van der Waals surface area contributed by atoms with E-state index < -0.39 is 23.1 Å². The van der Waals surface area contributed by atoms with Crippen molar-refractivity contribution in [2.75, 3.05) is 23.8 Å². The molecule has 186 valence electrons. The second kappa shape index (κ2) is 9.68. The molecule has 2 aromatic heterocycles. The molecule has 9 nitrogen and oxygen atoms in total. The molecule has 5 rings (SSSR count). The van der Waals surface area contributed by atoms with E-state index in [9.17, 15) is 18.0 Å². The van der Waals surface area contributed by atoms with E-state index in [2.05, 4.69) is 25.6 Å². The summed E-state index contributed by atoms with van der Waals surface area (Å²) in [6, 6.07) is 1.23. The van der Waals surface area contributed by atoms with E-state index in [1.54, 1.807) is 10.8 Å². The number of nitrogens with zero attached hydrogens (tertiary/aromatic N) is 4. The van der Waals surface area contributed by atoms with Crippen molar-refractivity contribution in [1.29, 1.82) is 0 Å². The molecule has 12 heteroatoms. The average Bonchev–Trinajstić information content (AvgIpc) is 3.19. The summed E-state index contributed by atoms with van der Waals surface area (Å²) in [7, 11) is 0. The molecule has 4 N–H and O–H groups in total. The van der Waals surface area contributed by atoms with Crippen LogP contribution < -0.4 is 16.4 Å². The minimum absolute atomic E-state index is 0.143. The van der Waals surface area contributed by atoms with Crippen molar-refractivity contribution >= 4 is 34.7 Å². The maximum atomic E-state index is 14.4. The Morgan fingerprint density at radius 2 is 1.71 bits per heavy atom. The first-order chi connectivity index (χ1) is 16.9. The molecule has 1 saturated carbocycles. The Morgan fingerprint density at radius 3 is 2.37 bits per heavy atom. The summed E-state index contributed by atoms with van der Waals surface area (Å²) in [5.74, 6) is -3.15. The van der Waals surface area contributed by atoms with Crippen LogP contribution in [0.15, 0.2) is 18.3 Å². The number of halogens is 3. The van der Waals surface area contributed by atoms with Crippen LogP contribution in [0.25, 0.3) is 11.2 Å². The number of ether oxygens (including phenoxy) is 1. The zero-order valence-electron chi connectivity index (χ0n) is 18.9. The summed E-state index contributed by atoms with van der Waals surface area (Å²) in [5, 5.41) is 6.02. The molecule has 2 fully saturated rings. The Morgan fingerprint density at radius 1 is 1.03 bits per heavy atom. The minimum atomic E-state index is -1.08. The highest BCUT2D eigenvalue weighted by Crippen LogP contribution is 2.37. The number of imidazole rings is 1. The molecule has 1 aromatic carbocycles. The van der Waals surface area contributed by atoms with E-state index in [1.807, 2.05) is 0 Å². The van der Waals surface area contributed by atoms with Crippen LogP contribution in [0, 0.1) is 23.4 Å². The van der Waals surface area contributed by atoms with Crippen molar-refractivity contribution in [3.63, 3.8) is 0 Å². The number of anilines is 3. The fourth-order valence-corrected chi connectivity index (χ4v) is 4.81. The third kappa shape index (κ3) is 4.88. The number of aromatic nitrogens is 4. The van der Waals surface area contributed by atoms with Crippen LogP contribution in [0.5, 0.6) is 0 Å². The van der Waals surface area contributed by atoms with E-state index in [0.717, 1.165) is 12.8 Å². The standard InChI is InChI=1S/C23H26F3N7O2/c24-13-9-16(25)19(17(26)10-13)31-23-30-18-11-28-22(29-14-5-7-35-8-6-14)32-21(18)33(23)15-3-1-12(2-4-15)20(27)34/h9-12,14-15H,1-8H2,(H2,27,34)(H,30,31)(H,28,29,32). The van der Waals surface area contributed by atoms with Crippen molar-refractivity contribution in [2.45, 2.75) is 50.6 Å². The third-order valence-corrected chi connectivity index (χ3v) is 6.70. The number of hydrogen-bond acceptors (Lipinski definition) is 7. The second-order valence-electron chi connectivity index (χ2n) is 9.02. The van der Waals surface area contributed by atoms with E-state index >= 15 is 0 Å². The minimum Gasteiger partial charge on any atom is -0.381 e. The van der Waals surface area contributed by atoms with Gasteiger partial charge in [-0.3, -0.25) is 9.36 Å². The lowest BCUT2D eigenvalue weighted by molar-refractivity contribution is -0.122. The molecular weight excluding hydrogens is 463 g/mol. The summed E-state index contributed by atoms with van der Waals surface area (Å²) >= 11 is 0. The second-order valence-corrected chi connectivity index (χ2v) is 9.02. The number of benzene rings is 1. The van der Waals surface area contributed by atoms with Crippen LogP contribution in [0.3, 0.4) is 0 Å². The monoisotopic (exact) mass is 489 g/mol. The van der Waals surface area contributed by atoms with Gasteiger partial charge in [-0.25, -0.2) is 23.1 Å². The molecule has 0 atom stereocenters. The SMILES string of the molecule is NC(=O)C1CCC(n2c(Nc3c(F)cc(F)cc3F)nc3cnc(NC4CCOCC4)nc32)CC1. The quantitative estimate of drug-likeness (QED) is 0.482. The van der Waals surface area contributed by atoms with Crippen LogP contribution in [-0.2, 0) is 9.53 Å². The molecule has 0 spiro atoms. The first-order valence-electron chi connectivity index (χ1n) is 11.7. The molecule has 35 heavy (non-hydrogen) atoms. The van der Waals surface area contributed by atoms with Crippen molar-refractivity contribution < 1.29 is 22.7 Å². The molecule has 0 bridgehead atoms. The number of hydrogen-bond donors (Lipinski definition) is 3. The zero-order valence-corrected chi connectivity index (χ0v) is 18.9. The smallest absolute Gasteiger partial charge is 0.224 e. The Bertz CT molecular complexity index is 1210. The summed E-state index contributed by atoms with van der Waals surface area (Å²) in [5.41, 5.74) is 5.90. The number of nitrogens with two attached hydrogens (primary N) is 1. The largest absolute Gasteiger partial charge is 0.381 e. The number of amides is 1. The van der Waals surface area contributed by atoms with E-state index in [4.69, 9.17) is 10.5 Å². The van der Waals surface area contributed by atoms with Gasteiger partial charge in [0.15, 0.2) is 17.3 Å². The van der Waals surface area contributed by atoms with Gasteiger partial charge in [-0.05, 0) is 38.5 Å². The van der Waals surface area contributed by atoms with Gasteiger partial charge in [-0.1, -0.05) is 0 Å². The lowest BCUT2D eigenvalue weighted by Gasteiger charge is -2.29. The van der Waals surface area contributed by atoms with Gasteiger partial charge in [0.25, 0.3) is 0 Å². The highest BCUT2D eigenvalue weighted by atomic mass is 19.1. The van der Waals surface area contributed by atoms with Gasteiger partial charge in [0.05, 0.1) is 6.20 Å². The normalized spacial score (nSPS) is 21.2. The number of carbonyl (C=O) groups excluding carboxylic acids is 1. The van der Waals surface area contributed by atoms with Crippen LogP contribution in [-0.4, -0.2) is 44.7 Å². The lowest BCUT2D eigenvalue weighted by Crippen LogP contribution is -2.29. The molecular formula is C23H26F3N7O2. The summed E-state index contributed by atoms with van der Waals surface area (Å²) in [6.07, 6.45) is 5.58. The maximum absolute atomic E-state index is 14.4. The van der Waals surface area contributed by atoms with Crippen molar-refractivity contribution in [2.24, 2.45) is 11.7 Å². The number of rotatable bonds is 6. The molecule has 1 amide bonds. The predicted octanol–water partition coefficient (Wildman–Crippen LogP) is 3.79. The van der Waals surface area contributed by atoms with Crippen molar-refractivity contribution in [1.82, 2.24) is 19.5 Å². The number of primary amides is 1. The molecule has 2 aliphatic rings. The highest BCUT2D eigenvalue weighted by molar-refractivity contribution is 5.78. The van der Waals surface area contributed by atoms with Crippen LogP contribution in [0.2, 0.25) is 0 Å². The number of fused-ring (bicyclic) bond motifs is 1.